The van der Waals surface area contributed by atoms with E-state index in [0.717, 1.165) is 6.08 Å². The molecule has 0 aliphatic heterocycles. The molecule has 0 radical (unpaired) electrons. The first kappa shape index (κ1) is 12.6. The van der Waals surface area contributed by atoms with E-state index in [4.69, 9.17) is 10.5 Å². The molecule has 0 aromatic carbocycles. The summed E-state index contributed by atoms with van der Waals surface area (Å²) in [6.45, 7) is 3.23. The summed E-state index contributed by atoms with van der Waals surface area (Å²) in [5, 5.41) is 25.4. The Bertz CT molecular complexity index is 236. The summed E-state index contributed by atoms with van der Waals surface area (Å²) in [6.07, 6.45) is -0.0437. The molecule has 0 saturated carbocycles. The molecule has 0 spiro atoms. The molecular weight excluding hydrogens is 196 g/mol. The molecule has 3 N–H and O–H groups in total. The summed E-state index contributed by atoms with van der Waals surface area (Å²) in [7, 11) is 0. The van der Waals surface area contributed by atoms with Crippen molar-refractivity contribution in [3.05, 3.63) is 12.7 Å². The Morgan fingerprint density at radius 1 is 1.36 bits per heavy atom. The molecule has 0 saturated heterocycles. The highest BCUT2D eigenvalue weighted by molar-refractivity contribution is 5.85. The molecule has 0 aliphatic rings. The zero-order valence-corrected chi connectivity index (χ0v) is 7.17. The largest absolute Gasteiger partial charge is 0.377 e. The maximum absolute atomic E-state index is 10.8. The number of carbonyl (C=O) groups is 2. The molecule has 0 heterocycles. The van der Waals surface area contributed by atoms with Crippen LogP contribution in [-0.2, 0) is 19.4 Å². The molecule has 14 heavy (non-hydrogen) atoms. The number of hydrogen-bond acceptors (Lipinski definition) is 7. The molecule has 0 amide bonds. The van der Waals surface area contributed by atoms with E-state index < -0.39 is 24.0 Å². The first-order valence-corrected chi connectivity index (χ1v) is 3.53. The summed E-state index contributed by atoms with van der Waals surface area (Å²) in [4.78, 5) is 27.9. The van der Waals surface area contributed by atoms with Gasteiger partial charge in [0.2, 0.25) is 0 Å². The first-order valence-electron chi connectivity index (χ1n) is 3.53. The van der Waals surface area contributed by atoms with Crippen molar-refractivity contribution in [2.75, 3.05) is 0 Å². The average Bonchev–Trinajstić information content (AvgIpc) is 2.16. The highest BCUT2D eigenvalue weighted by Crippen LogP contribution is 2.18. The van der Waals surface area contributed by atoms with E-state index in [9.17, 15) is 14.7 Å². The lowest BCUT2D eigenvalue weighted by molar-refractivity contribution is -0.258. The zero-order chi connectivity index (χ0) is 11.2. The Labute approximate surface area is 79.0 Å². The van der Waals surface area contributed by atoms with Crippen LogP contribution in [0.25, 0.3) is 0 Å². The van der Waals surface area contributed by atoms with Crippen LogP contribution in [0.4, 0.5) is 0 Å². The quantitative estimate of drug-likeness (QED) is 0.322. The molecule has 0 fully saturated rings. The van der Waals surface area contributed by atoms with Gasteiger partial charge < -0.3 is 9.99 Å². The maximum atomic E-state index is 10.8. The van der Waals surface area contributed by atoms with Crippen LogP contribution in [0.3, 0.4) is 0 Å². The second-order valence-electron chi connectivity index (χ2n) is 2.54. The van der Waals surface area contributed by atoms with Crippen LogP contribution in [0.15, 0.2) is 12.7 Å². The van der Waals surface area contributed by atoms with E-state index in [2.05, 4.69) is 16.4 Å². The number of hydrogen-bond donors (Lipinski definition) is 3. The van der Waals surface area contributed by atoms with Gasteiger partial charge in [-0.25, -0.2) is 9.59 Å². The van der Waals surface area contributed by atoms with Crippen LogP contribution < -0.4 is 0 Å². The van der Waals surface area contributed by atoms with Gasteiger partial charge in [0.05, 0.1) is 6.42 Å². The molecule has 0 aromatic heterocycles. The molecule has 1 unspecified atom stereocenters. The van der Waals surface area contributed by atoms with Crippen LogP contribution in [0, 0.1) is 0 Å². The molecule has 80 valence electrons. The SMILES string of the molecule is C=CCC(O)(CC(=O)OO)C(=O)OO. The van der Waals surface area contributed by atoms with Crippen molar-refractivity contribution in [1.29, 1.82) is 0 Å². The van der Waals surface area contributed by atoms with Crippen molar-refractivity contribution in [2.45, 2.75) is 18.4 Å². The van der Waals surface area contributed by atoms with Crippen LogP contribution in [0.2, 0.25) is 0 Å². The minimum atomic E-state index is -2.28. The predicted molar refractivity (Wildman–Crippen MR) is 41.8 cm³/mol. The molecule has 0 rings (SSSR count). The zero-order valence-electron chi connectivity index (χ0n) is 7.17. The molecule has 1 atom stereocenters. The van der Waals surface area contributed by atoms with Gasteiger partial charge in [-0.05, 0) is 0 Å². The minimum absolute atomic E-state index is 0.332. The van der Waals surface area contributed by atoms with Gasteiger partial charge in [-0.15, -0.1) is 6.58 Å². The number of rotatable bonds is 5. The first-order chi connectivity index (χ1) is 6.50. The van der Waals surface area contributed by atoms with Crippen molar-refractivity contribution < 1.29 is 35.0 Å². The van der Waals surface area contributed by atoms with Crippen LogP contribution in [-0.4, -0.2) is 33.2 Å². The van der Waals surface area contributed by atoms with E-state index in [-0.39, 0.29) is 6.42 Å². The van der Waals surface area contributed by atoms with E-state index in [1.54, 1.807) is 0 Å². The Hall–Kier alpha value is -1.44. The van der Waals surface area contributed by atoms with Gasteiger partial charge >= 0.3 is 11.9 Å². The minimum Gasteiger partial charge on any atom is -0.377 e. The van der Waals surface area contributed by atoms with Gasteiger partial charge in [0.15, 0.2) is 5.60 Å². The fraction of sp³-hybridized carbons (Fsp3) is 0.429. The second kappa shape index (κ2) is 5.32. The summed E-state index contributed by atoms with van der Waals surface area (Å²) in [6, 6.07) is 0. The standard InChI is InChI=1S/C7H10O7/c1-2-3-7(10,6(9)14-12)4-5(8)13-11/h2,10-12H,1,3-4H2. The molecular formula is C7H10O7. The van der Waals surface area contributed by atoms with Gasteiger partial charge in [-0.2, -0.15) is 10.5 Å². The summed E-state index contributed by atoms with van der Waals surface area (Å²) >= 11 is 0. The fourth-order valence-electron chi connectivity index (χ4n) is 0.822. The maximum Gasteiger partial charge on any atom is 0.374 e. The monoisotopic (exact) mass is 206 g/mol. The highest BCUT2D eigenvalue weighted by Gasteiger charge is 2.40. The average molecular weight is 206 g/mol. The Kier molecular flexibility index (Phi) is 4.78. The van der Waals surface area contributed by atoms with Crippen molar-refractivity contribution >= 4 is 11.9 Å². The lowest BCUT2D eigenvalue weighted by atomic mass is 9.96. The molecule has 7 heteroatoms. The van der Waals surface area contributed by atoms with E-state index in [1.165, 1.54) is 0 Å². The van der Waals surface area contributed by atoms with Gasteiger partial charge in [0, 0.05) is 6.42 Å². The lowest BCUT2D eigenvalue weighted by Gasteiger charge is -2.20. The van der Waals surface area contributed by atoms with Gasteiger partial charge in [0.1, 0.15) is 0 Å². The van der Waals surface area contributed by atoms with Crippen molar-refractivity contribution in [3.63, 3.8) is 0 Å². The fourth-order valence-corrected chi connectivity index (χ4v) is 0.822. The van der Waals surface area contributed by atoms with Crippen molar-refractivity contribution in [3.8, 4) is 0 Å². The third-order valence-corrected chi connectivity index (χ3v) is 1.48. The number of aliphatic hydroxyl groups is 1. The van der Waals surface area contributed by atoms with Gasteiger partial charge in [0.25, 0.3) is 0 Å². The lowest BCUT2D eigenvalue weighted by Crippen LogP contribution is -2.41. The topological polar surface area (TPSA) is 113 Å². The third-order valence-electron chi connectivity index (χ3n) is 1.48. The summed E-state index contributed by atoms with van der Waals surface area (Å²) < 4.78 is 0. The molecule has 0 aliphatic carbocycles. The Morgan fingerprint density at radius 3 is 2.29 bits per heavy atom. The van der Waals surface area contributed by atoms with Crippen molar-refractivity contribution in [2.24, 2.45) is 0 Å². The van der Waals surface area contributed by atoms with Crippen LogP contribution in [0.5, 0.6) is 0 Å². The Balaban J connectivity index is 4.62. The molecule has 7 nitrogen and oxygen atoms in total. The normalized spacial score (nSPS) is 13.9. The number of carbonyl (C=O) groups excluding carboxylic acids is 2. The molecule has 0 aromatic rings. The highest BCUT2D eigenvalue weighted by atomic mass is 17.1. The summed E-state index contributed by atoms with van der Waals surface area (Å²) in [5.74, 6) is -2.66. The van der Waals surface area contributed by atoms with E-state index >= 15 is 0 Å². The van der Waals surface area contributed by atoms with Gasteiger partial charge in [-0.1, -0.05) is 6.08 Å². The van der Waals surface area contributed by atoms with Crippen molar-refractivity contribution in [1.82, 2.24) is 0 Å². The van der Waals surface area contributed by atoms with E-state index in [0.29, 0.717) is 0 Å². The Morgan fingerprint density at radius 2 is 1.93 bits per heavy atom. The van der Waals surface area contributed by atoms with E-state index in [1.807, 2.05) is 0 Å². The van der Waals surface area contributed by atoms with Crippen LogP contribution in [0.1, 0.15) is 12.8 Å². The van der Waals surface area contributed by atoms with Gasteiger partial charge in [-0.3, -0.25) is 4.89 Å². The third kappa shape index (κ3) is 3.13. The smallest absolute Gasteiger partial charge is 0.374 e. The predicted octanol–water partition coefficient (Wildman–Crippen LogP) is -0.284. The summed E-state index contributed by atoms with van der Waals surface area (Å²) in [5.41, 5.74) is -2.28. The molecule has 0 bridgehead atoms. The second-order valence-corrected chi connectivity index (χ2v) is 2.54. The van der Waals surface area contributed by atoms with Crippen LogP contribution >= 0.6 is 0 Å².